The van der Waals surface area contributed by atoms with E-state index in [2.05, 4.69) is 0 Å². The van der Waals surface area contributed by atoms with Gasteiger partial charge in [0.1, 0.15) is 0 Å². The number of carbonyl (C=O) groups excluding carboxylic acids is 2. The van der Waals surface area contributed by atoms with Gasteiger partial charge in [-0.3, -0.25) is 4.79 Å². The van der Waals surface area contributed by atoms with E-state index in [0.29, 0.717) is 18.7 Å². The number of amides is 1. The van der Waals surface area contributed by atoms with Gasteiger partial charge in [-0.2, -0.15) is 0 Å². The van der Waals surface area contributed by atoms with E-state index in [1.807, 2.05) is 19.9 Å². The standard InChI is InChI=1S/C16H20N2O3/c1-11(2)18-9-8-14(16(18)20)21-15(19)7-6-12-4-3-5-13(17)10-12/h3-7,10-11,14H,8-9,17H2,1-2H3/b7-6+. The first kappa shape index (κ1) is 15.1. The van der Waals surface area contributed by atoms with E-state index < -0.39 is 12.1 Å². The number of hydrogen-bond donors (Lipinski definition) is 1. The lowest BCUT2D eigenvalue weighted by Gasteiger charge is -2.20. The quantitative estimate of drug-likeness (QED) is 0.521. The van der Waals surface area contributed by atoms with Crippen LogP contribution >= 0.6 is 0 Å². The van der Waals surface area contributed by atoms with Crippen LogP contribution in [0.1, 0.15) is 25.8 Å². The first-order chi connectivity index (χ1) is 9.97. The third-order valence-electron chi connectivity index (χ3n) is 3.40. The van der Waals surface area contributed by atoms with Gasteiger partial charge in [0.25, 0.3) is 5.91 Å². The monoisotopic (exact) mass is 288 g/mol. The van der Waals surface area contributed by atoms with E-state index in [4.69, 9.17) is 10.5 Å². The number of likely N-dealkylation sites (tertiary alicyclic amines) is 1. The highest BCUT2D eigenvalue weighted by atomic mass is 16.5. The van der Waals surface area contributed by atoms with Crippen molar-refractivity contribution in [2.45, 2.75) is 32.4 Å². The summed E-state index contributed by atoms with van der Waals surface area (Å²) in [6.45, 7) is 4.52. The molecule has 0 spiro atoms. The topological polar surface area (TPSA) is 72.6 Å². The van der Waals surface area contributed by atoms with Crippen molar-refractivity contribution >= 4 is 23.6 Å². The van der Waals surface area contributed by atoms with E-state index in [-0.39, 0.29) is 11.9 Å². The summed E-state index contributed by atoms with van der Waals surface area (Å²) in [7, 11) is 0. The number of carbonyl (C=O) groups is 2. The normalized spacial score (nSPS) is 18.7. The van der Waals surface area contributed by atoms with Crippen LogP contribution in [0.2, 0.25) is 0 Å². The Hall–Kier alpha value is -2.30. The minimum absolute atomic E-state index is 0.115. The molecule has 0 radical (unpaired) electrons. The molecule has 1 heterocycles. The van der Waals surface area contributed by atoms with Crippen LogP contribution in [0, 0.1) is 0 Å². The molecule has 2 N–H and O–H groups in total. The number of nitrogens with zero attached hydrogens (tertiary/aromatic N) is 1. The van der Waals surface area contributed by atoms with Crippen LogP contribution in [0.15, 0.2) is 30.3 Å². The summed E-state index contributed by atoms with van der Waals surface area (Å²) in [6, 6.07) is 7.30. The fourth-order valence-corrected chi connectivity index (χ4v) is 2.30. The highest BCUT2D eigenvalue weighted by Gasteiger charge is 2.35. The molecule has 1 atom stereocenters. The molecule has 2 rings (SSSR count). The Kier molecular flexibility index (Phi) is 4.62. The third-order valence-corrected chi connectivity index (χ3v) is 3.40. The number of nitrogen functional groups attached to an aromatic ring is 1. The van der Waals surface area contributed by atoms with Crippen LogP contribution in [-0.4, -0.2) is 35.5 Å². The van der Waals surface area contributed by atoms with Crippen molar-refractivity contribution in [3.63, 3.8) is 0 Å². The Morgan fingerprint density at radius 1 is 1.48 bits per heavy atom. The lowest BCUT2D eigenvalue weighted by atomic mass is 10.2. The maximum atomic E-state index is 12.0. The fourth-order valence-electron chi connectivity index (χ4n) is 2.30. The maximum Gasteiger partial charge on any atom is 0.331 e. The zero-order valence-electron chi connectivity index (χ0n) is 12.3. The molecule has 1 unspecified atom stereocenters. The molecule has 5 nitrogen and oxygen atoms in total. The van der Waals surface area contributed by atoms with Gasteiger partial charge in [0, 0.05) is 30.8 Å². The predicted molar refractivity (Wildman–Crippen MR) is 81.2 cm³/mol. The molecule has 1 aromatic carbocycles. The summed E-state index contributed by atoms with van der Waals surface area (Å²) >= 11 is 0. The van der Waals surface area contributed by atoms with Crippen molar-refractivity contribution in [1.29, 1.82) is 0 Å². The maximum absolute atomic E-state index is 12.0. The molecule has 0 saturated carbocycles. The number of benzene rings is 1. The Morgan fingerprint density at radius 3 is 2.86 bits per heavy atom. The van der Waals surface area contributed by atoms with Gasteiger partial charge in [-0.1, -0.05) is 12.1 Å². The van der Waals surface area contributed by atoms with Gasteiger partial charge in [-0.25, -0.2) is 4.79 Å². The van der Waals surface area contributed by atoms with Gasteiger partial charge in [-0.15, -0.1) is 0 Å². The number of nitrogens with two attached hydrogens (primary N) is 1. The molecule has 5 heteroatoms. The van der Waals surface area contributed by atoms with E-state index in [1.165, 1.54) is 6.08 Å². The number of esters is 1. The smallest absolute Gasteiger partial charge is 0.331 e. The Bertz CT molecular complexity index is 566. The van der Waals surface area contributed by atoms with Crippen LogP contribution in [-0.2, 0) is 14.3 Å². The van der Waals surface area contributed by atoms with Crippen molar-refractivity contribution in [3.8, 4) is 0 Å². The number of ether oxygens (including phenoxy) is 1. The summed E-state index contributed by atoms with van der Waals surface area (Å²) in [5.74, 6) is -0.628. The second-order valence-corrected chi connectivity index (χ2v) is 5.34. The Labute approximate surface area is 124 Å². The molecule has 1 fully saturated rings. The highest BCUT2D eigenvalue weighted by Crippen LogP contribution is 2.17. The van der Waals surface area contributed by atoms with Crippen LogP contribution in [0.25, 0.3) is 6.08 Å². The molecule has 0 aromatic heterocycles. The molecule has 1 saturated heterocycles. The molecule has 1 amide bonds. The van der Waals surface area contributed by atoms with E-state index in [9.17, 15) is 9.59 Å². The molecular formula is C16H20N2O3. The zero-order chi connectivity index (χ0) is 15.4. The van der Waals surface area contributed by atoms with Crippen molar-refractivity contribution < 1.29 is 14.3 Å². The molecule has 1 aliphatic rings. The predicted octanol–water partition coefficient (Wildman–Crippen LogP) is 1.83. The van der Waals surface area contributed by atoms with Crippen LogP contribution in [0.5, 0.6) is 0 Å². The fraction of sp³-hybridized carbons (Fsp3) is 0.375. The van der Waals surface area contributed by atoms with Crippen molar-refractivity contribution in [3.05, 3.63) is 35.9 Å². The summed E-state index contributed by atoms with van der Waals surface area (Å²) in [6.07, 6.45) is 2.83. The van der Waals surface area contributed by atoms with Crippen LogP contribution in [0.4, 0.5) is 5.69 Å². The van der Waals surface area contributed by atoms with Crippen molar-refractivity contribution in [2.75, 3.05) is 12.3 Å². The second kappa shape index (κ2) is 6.43. The zero-order valence-corrected chi connectivity index (χ0v) is 12.3. The van der Waals surface area contributed by atoms with Gasteiger partial charge in [0.05, 0.1) is 0 Å². The minimum Gasteiger partial charge on any atom is -0.449 e. The molecule has 1 aromatic rings. The summed E-state index contributed by atoms with van der Waals surface area (Å²) in [5.41, 5.74) is 7.10. The average molecular weight is 288 g/mol. The van der Waals surface area contributed by atoms with Crippen LogP contribution < -0.4 is 5.73 Å². The highest BCUT2D eigenvalue weighted by molar-refractivity contribution is 5.91. The summed E-state index contributed by atoms with van der Waals surface area (Å²) < 4.78 is 5.21. The first-order valence-electron chi connectivity index (χ1n) is 7.02. The average Bonchev–Trinajstić information content (AvgIpc) is 2.78. The van der Waals surface area contributed by atoms with Crippen molar-refractivity contribution in [2.24, 2.45) is 0 Å². The lowest BCUT2D eigenvalue weighted by Crippen LogP contribution is -2.36. The second-order valence-electron chi connectivity index (χ2n) is 5.34. The number of hydrogen-bond acceptors (Lipinski definition) is 4. The third kappa shape index (κ3) is 3.84. The van der Waals surface area contributed by atoms with E-state index >= 15 is 0 Å². The molecule has 1 aliphatic heterocycles. The largest absolute Gasteiger partial charge is 0.449 e. The Morgan fingerprint density at radius 2 is 2.24 bits per heavy atom. The summed E-state index contributed by atoms with van der Waals surface area (Å²) in [4.78, 5) is 25.5. The minimum atomic E-state index is -0.662. The molecule has 0 aliphatic carbocycles. The van der Waals surface area contributed by atoms with Gasteiger partial charge in [-0.05, 0) is 37.6 Å². The molecule has 0 bridgehead atoms. The van der Waals surface area contributed by atoms with Gasteiger partial charge in [0.15, 0.2) is 6.10 Å². The molecule has 21 heavy (non-hydrogen) atoms. The van der Waals surface area contributed by atoms with Gasteiger partial charge < -0.3 is 15.4 Å². The van der Waals surface area contributed by atoms with E-state index in [1.54, 1.807) is 29.2 Å². The molecule has 112 valence electrons. The van der Waals surface area contributed by atoms with Gasteiger partial charge in [0.2, 0.25) is 0 Å². The summed E-state index contributed by atoms with van der Waals surface area (Å²) in [5, 5.41) is 0. The Balaban J connectivity index is 1.92. The first-order valence-corrected chi connectivity index (χ1v) is 7.02. The van der Waals surface area contributed by atoms with Crippen LogP contribution in [0.3, 0.4) is 0 Å². The lowest BCUT2D eigenvalue weighted by molar-refractivity contribution is -0.152. The molecular weight excluding hydrogens is 268 g/mol. The van der Waals surface area contributed by atoms with Crippen molar-refractivity contribution in [1.82, 2.24) is 4.90 Å². The van der Waals surface area contributed by atoms with E-state index in [0.717, 1.165) is 5.56 Å². The SMILES string of the molecule is CC(C)N1CCC(OC(=O)/C=C/c2cccc(N)c2)C1=O. The number of anilines is 1. The number of rotatable bonds is 4. The van der Waals surface area contributed by atoms with Gasteiger partial charge >= 0.3 is 5.97 Å².